The first-order valence-electron chi connectivity index (χ1n) is 12.2. The molecule has 0 saturated carbocycles. The van der Waals surface area contributed by atoms with Crippen molar-refractivity contribution in [3.05, 3.63) is 97.2 Å². The summed E-state index contributed by atoms with van der Waals surface area (Å²) in [5.41, 5.74) is 1.78. The van der Waals surface area contributed by atoms with E-state index in [2.05, 4.69) is 11.6 Å². The van der Waals surface area contributed by atoms with Gasteiger partial charge in [-0.25, -0.2) is 9.79 Å². The van der Waals surface area contributed by atoms with E-state index in [-0.39, 0.29) is 17.7 Å². The Morgan fingerprint density at radius 1 is 1.15 bits per heavy atom. The Morgan fingerprint density at radius 2 is 1.90 bits per heavy atom. The van der Waals surface area contributed by atoms with Crippen molar-refractivity contribution in [3.63, 3.8) is 0 Å². The zero-order chi connectivity index (χ0) is 28.1. The number of benzene rings is 2. The van der Waals surface area contributed by atoms with Gasteiger partial charge >= 0.3 is 11.9 Å². The molecular formula is C29H28N2O7S. The lowest BCUT2D eigenvalue weighted by Gasteiger charge is -2.24. The van der Waals surface area contributed by atoms with Gasteiger partial charge in [-0.1, -0.05) is 42.2 Å². The standard InChI is InChI=1S/C29H28N2O7S/c1-6-14-37-28(34)25-17(3)30-29-31(26(25)20-9-11-21(35-5)12-10-20)27(33)24(39-29)16-19-8-13-22(38-18(4)32)23(15-19)36-7-2/h6,8-13,15-16,26H,1,7,14H2,2-5H3. The molecule has 1 unspecified atom stereocenters. The summed E-state index contributed by atoms with van der Waals surface area (Å²) in [4.78, 5) is 43.4. The number of allylic oxidation sites excluding steroid dienone is 1. The fourth-order valence-corrected chi connectivity index (χ4v) is 5.22. The molecule has 202 valence electrons. The van der Waals surface area contributed by atoms with Crippen molar-refractivity contribution in [2.24, 2.45) is 4.99 Å². The Hall–Kier alpha value is -4.44. The largest absolute Gasteiger partial charge is 0.497 e. The summed E-state index contributed by atoms with van der Waals surface area (Å²) in [5.74, 6) is 0.279. The van der Waals surface area contributed by atoms with Crippen LogP contribution >= 0.6 is 11.3 Å². The average Bonchev–Trinajstić information content (AvgIpc) is 3.22. The summed E-state index contributed by atoms with van der Waals surface area (Å²) in [6, 6.07) is 11.4. The Kier molecular flexibility index (Phi) is 8.46. The summed E-state index contributed by atoms with van der Waals surface area (Å²) in [7, 11) is 1.57. The molecule has 0 radical (unpaired) electrons. The van der Waals surface area contributed by atoms with Crippen LogP contribution in [0.2, 0.25) is 0 Å². The molecular weight excluding hydrogens is 520 g/mol. The van der Waals surface area contributed by atoms with E-state index in [4.69, 9.17) is 18.9 Å². The first-order valence-corrected chi connectivity index (χ1v) is 13.0. The van der Waals surface area contributed by atoms with E-state index in [1.807, 2.05) is 19.1 Å². The van der Waals surface area contributed by atoms with Crippen LogP contribution in [-0.2, 0) is 14.3 Å². The van der Waals surface area contributed by atoms with Gasteiger partial charge in [0.15, 0.2) is 16.3 Å². The number of nitrogens with zero attached hydrogens (tertiary/aromatic N) is 2. The number of aromatic nitrogens is 1. The number of thiazole rings is 1. The second-order valence-electron chi connectivity index (χ2n) is 8.47. The summed E-state index contributed by atoms with van der Waals surface area (Å²) in [5, 5.41) is 0. The first kappa shape index (κ1) is 27.6. The molecule has 2 heterocycles. The maximum Gasteiger partial charge on any atom is 0.338 e. The minimum absolute atomic E-state index is 0.0286. The number of hydrogen-bond acceptors (Lipinski definition) is 9. The lowest BCUT2D eigenvalue weighted by Crippen LogP contribution is -2.39. The molecule has 0 spiro atoms. The van der Waals surface area contributed by atoms with Crippen LogP contribution in [0.4, 0.5) is 0 Å². The smallest absolute Gasteiger partial charge is 0.338 e. The topological polar surface area (TPSA) is 105 Å². The normalized spacial score (nSPS) is 14.8. The zero-order valence-electron chi connectivity index (χ0n) is 22.1. The fourth-order valence-electron chi connectivity index (χ4n) is 4.17. The minimum atomic E-state index is -0.753. The molecule has 4 rings (SSSR count). The van der Waals surface area contributed by atoms with Crippen molar-refractivity contribution < 1.29 is 28.5 Å². The van der Waals surface area contributed by atoms with E-state index in [9.17, 15) is 14.4 Å². The molecule has 3 aromatic rings. The quantitative estimate of drug-likeness (QED) is 0.230. The summed E-state index contributed by atoms with van der Waals surface area (Å²) < 4.78 is 23.4. The highest BCUT2D eigenvalue weighted by atomic mass is 32.1. The van der Waals surface area contributed by atoms with Crippen LogP contribution in [0.15, 0.2) is 76.2 Å². The van der Waals surface area contributed by atoms with Gasteiger partial charge in [-0.05, 0) is 55.3 Å². The number of hydrogen-bond donors (Lipinski definition) is 0. The monoisotopic (exact) mass is 548 g/mol. The first-order chi connectivity index (χ1) is 18.8. The molecule has 9 nitrogen and oxygen atoms in total. The molecule has 1 atom stereocenters. The highest BCUT2D eigenvalue weighted by Gasteiger charge is 2.33. The van der Waals surface area contributed by atoms with Crippen molar-refractivity contribution in [1.82, 2.24) is 4.57 Å². The molecule has 1 aliphatic rings. The lowest BCUT2D eigenvalue weighted by molar-refractivity contribution is -0.138. The van der Waals surface area contributed by atoms with Crippen molar-refractivity contribution in [2.75, 3.05) is 20.3 Å². The minimum Gasteiger partial charge on any atom is -0.497 e. The van der Waals surface area contributed by atoms with Crippen molar-refractivity contribution in [2.45, 2.75) is 26.8 Å². The molecule has 0 amide bonds. The van der Waals surface area contributed by atoms with Gasteiger partial charge < -0.3 is 18.9 Å². The molecule has 0 fully saturated rings. The van der Waals surface area contributed by atoms with E-state index in [0.717, 1.165) is 0 Å². The second kappa shape index (κ2) is 12.0. The van der Waals surface area contributed by atoms with Gasteiger partial charge in [0.25, 0.3) is 5.56 Å². The van der Waals surface area contributed by atoms with Crippen LogP contribution in [0.25, 0.3) is 6.08 Å². The van der Waals surface area contributed by atoms with Gasteiger partial charge in [0.05, 0.1) is 35.6 Å². The summed E-state index contributed by atoms with van der Waals surface area (Å²) >= 11 is 1.21. The highest BCUT2D eigenvalue weighted by molar-refractivity contribution is 7.07. The number of carbonyl (C=O) groups excluding carboxylic acids is 2. The number of rotatable bonds is 9. The lowest BCUT2D eigenvalue weighted by atomic mass is 9.96. The third kappa shape index (κ3) is 5.85. The third-order valence-electron chi connectivity index (χ3n) is 5.82. The number of esters is 2. The zero-order valence-corrected chi connectivity index (χ0v) is 22.9. The Bertz CT molecular complexity index is 1630. The van der Waals surface area contributed by atoms with E-state index in [1.165, 1.54) is 28.9 Å². The second-order valence-corrected chi connectivity index (χ2v) is 9.48. The van der Waals surface area contributed by atoms with Crippen molar-refractivity contribution in [1.29, 1.82) is 0 Å². The highest BCUT2D eigenvalue weighted by Crippen LogP contribution is 2.32. The molecule has 39 heavy (non-hydrogen) atoms. The van der Waals surface area contributed by atoms with E-state index in [0.29, 0.717) is 50.0 Å². The summed E-state index contributed by atoms with van der Waals surface area (Å²) in [6.45, 7) is 8.85. The Balaban J connectivity index is 1.87. The van der Waals surface area contributed by atoms with Crippen LogP contribution in [0.5, 0.6) is 17.2 Å². The molecule has 10 heteroatoms. The average molecular weight is 549 g/mol. The van der Waals surface area contributed by atoms with E-state index < -0.39 is 18.0 Å². The van der Waals surface area contributed by atoms with Crippen LogP contribution in [0, 0.1) is 0 Å². The van der Waals surface area contributed by atoms with Gasteiger partial charge in [0.2, 0.25) is 0 Å². The third-order valence-corrected chi connectivity index (χ3v) is 6.81. The van der Waals surface area contributed by atoms with Crippen LogP contribution in [0.1, 0.15) is 37.9 Å². The SMILES string of the molecule is C=CCOC(=O)C1=C(C)N=c2sc(=Cc3ccc(OC(C)=O)c(OCC)c3)c(=O)n2C1c1ccc(OC)cc1. The predicted octanol–water partition coefficient (Wildman–Crippen LogP) is 3.30. The van der Waals surface area contributed by atoms with Crippen LogP contribution < -0.4 is 29.1 Å². The Labute approximate surface area is 228 Å². The van der Waals surface area contributed by atoms with Gasteiger partial charge in [0, 0.05) is 6.92 Å². The van der Waals surface area contributed by atoms with Gasteiger partial charge in [-0.3, -0.25) is 14.2 Å². The molecule has 0 bridgehead atoms. The predicted molar refractivity (Wildman–Crippen MR) is 147 cm³/mol. The van der Waals surface area contributed by atoms with Crippen LogP contribution in [0.3, 0.4) is 0 Å². The molecule has 2 aromatic carbocycles. The Morgan fingerprint density at radius 3 is 2.54 bits per heavy atom. The molecule has 0 aliphatic carbocycles. The van der Waals surface area contributed by atoms with Gasteiger partial charge in [0.1, 0.15) is 12.4 Å². The number of methoxy groups -OCH3 is 1. The number of carbonyl (C=O) groups is 2. The maximum atomic E-state index is 13.8. The van der Waals surface area contributed by atoms with Crippen LogP contribution in [-0.4, -0.2) is 36.8 Å². The fraction of sp³-hybridized carbons (Fsp3) is 0.241. The van der Waals surface area contributed by atoms with E-state index in [1.54, 1.807) is 50.4 Å². The molecule has 1 aliphatic heterocycles. The van der Waals surface area contributed by atoms with Crippen molar-refractivity contribution in [3.8, 4) is 17.2 Å². The molecule has 0 N–H and O–H groups in total. The van der Waals surface area contributed by atoms with Crippen molar-refractivity contribution >= 4 is 29.4 Å². The van der Waals surface area contributed by atoms with Gasteiger partial charge in [-0.2, -0.15) is 0 Å². The van der Waals surface area contributed by atoms with E-state index >= 15 is 0 Å². The molecule has 0 saturated heterocycles. The molecule has 1 aromatic heterocycles. The number of fused-ring (bicyclic) bond motifs is 1. The maximum absolute atomic E-state index is 13.8. The number of ether oxygens (including phenoxy) is 4. The van der Waals surface area contributed by atoms with Gasteiger partial charge in [-0.15, -0.1) is 0 Å². The summed E-state index contributed by atoms with van der Waals surface area (Å²) in [6.07, 6.45) is 3.19.